The van der Waals surface area contributed by atoms with Crippen molar-refractivity contribution in [3.05, 3.63) is 59.9 Å². The number of carboxylic acid groups (broad SMARTS) is 1. The van der Waals surface area contributed by atoms with Crippen molar-refractivity contribution in [2.24, 2.45) is 0 Å². The second kappa shape index (κ2) is 6.40. The third-order valence-electron chi connectivity index (χ3n) is 3.90. The Morgan fingerprint density at radius 3 is 3.08 bits per heavy atom. The molecule has 2 aromatic heterocycles. The van der Waals surface area contributed by atoms with Crippen LogP contribution in [-0.4, -0.2) is 32.6 Å². The van der Waals surface area contributed by atoms with Crippen molar-refractivity contribution in [1.29, 1.82) is 0 Å². The molecule has 0 radical (unpaired) electrons. The van der Waals surface area contributed by atoms with Crippen molar-refractivity contribution in [3.63, 3.8) is 0 Å². The minimum absolute atomic E-state index is 0.0733. The zero-order valence-electron chi connectivity index (χ0n) is 13.8. The highest BCUT2D eigenvalue weighted by molar-refractivity contribution is 6.03. The van der Waals surface area contributed by atoms with E-state index in [4.69, 9.17) is 14.2 Å². The first kappa shape index (κ1) is 15.9. The Labute approximate surface area is 148 Å². The van der Waals surface area contributed by atoms with E-state index < -0.39 is 12.3 Å². The van der Waals surface area contributed by atoms with Crippen LogP contribution < -0.4 is 4.74 Å². The van der Waals surface area contributed by atoms with Crippen LogP contribution in [0.25, 0.3) is 16.8 Å². The summed E-state index contributed by atoms with van der Waals surface area (Å²) in [6, 6.07) is 7.43. The van der Waals surface area contributed by atoms with E-state index in [9.17, 15) is 9.90 Å². The SMILES string of the molecule is CCOc1cccc(C2OC=C(c3ncnc4c(C(=O)O)c[nH]c34)O2)c1. The third kappa shape index (κ3) is 2.71. The molecule has 8 heteroatoms. The normalized spacial score (nSPS) is 16.0. The van der Waals surface area contributed by atoms with Crippen LogP contribution >= 0.6 is 0 Å². The van der Waals surface area contributed by atoms with Crippen molar-refractivity contribution in [3.8, 4) is 5.75 Å². The molecule has 1 unspecified atom stereocenters. The number of fused-ring (bicyclic) bond motifs is 1. The van der Waals surface area contributed by atoms with Crippen LogP contribution in [0.2, 0.25) is 0 Å². The number of hydrogen-bond donors (Lipinski definition) is 2. The van der Waals surface area contributed by atoms with Crippen LogP contribution in [0.5, 0.6) is 5.75 Å². The maximum Gasteiger partial charge on any atom is 0.339 e. The van der Waals surface area contributed by atoms with E-state index in [-0.39, 0.29) is 5.56 Å². The first-order valence-electron chi connectivity index (χ1n) is 7.98. The van der Waals surface area contributed by atoms with Gasteiger partial charge in [-0.3, -0.25) is 0 Å². The van der Waals surface area contributed by atoms with Gasteiger partial charge < -0.3 is 24.3 Å². The van der Waals surface area contributed by atoms with Gasteiger partial charge in [0, 0.05) is 11.8 Å². The number of aromatic nitrogens is 3. The van der Waals surface area contributed by atoms with Crippen LogP contribution in [-0.2, 0) is 9.47 Å². The van der Waals surface area contributed by atoms with Crippen LogP contribution in [0.3, 0.4) is 0 Å². The van der Waals surface area contributed by atoms with Crippen molar-refractivity contribution in [1.82, 2.24) is 15.0 Å². The zero-order chi connectivity index (χ0) is 18.1. The van der Waals surface area contributed by atoms with Gasteiger partial charge in [-0.1, -0.05) is 12.1 Å². The summed E-state index contributed by atoms with van der Waals surface area (Å²) in [4.78, 5) is 22.4. The van der Waals surface area contributed by atoms with Gasteiger partial charge in [0.2, 0.25) is 0 Å². The van der Waals surface area contributed by atoms with Gasteiger partial charge in [-0.15, -0.1) is 0 Å². The number of ether oxygens (including phenoxy) is 3. The Bertz CT molecular complexity index is 1010. The van der Waals surface area contributed by atoms with Crippen LogP contribution in [0.15, 0.2) is 43.1 Å². The number of nitrogens with one attached hydrogen (secondary N) is 1. The monoisotopic (exact) mass is 353 g/mol. The molecule has 1 aromatic carbocycles. The number of aromatic amines is 1. The molecule has 0 spiro atoms. The molecular formula is C18H15N3O5. The van der Waals surface area contributed by atoms with Crippen molar-refractivity contribution < 1.29 is 24.1 Å². The fourth-order valence-corrected chi connectivity index (χ4v) is 2.76. The first-order chi connectivity index (χ1) is 12.7. The van der Waals surface area contributed by atoms with E-state index in [1.807, 2.05) is 31.2 Å². The molecular weight excluding hydrogens is 338 g/mol. The zero-order valence-corrected chi connectivity index (χ0v) is 13.8. The first-order valence-corrected chi connectivity index (χ1v) is 7.98. The lowest BCUT2D eigenvalue weighted by atomic mass is 10.2. The molecule has 0 fully saturated rings. The van der Waals surface area contributed by atoms with E-state index in [1.165, 1.54) is 18.8 Å². The number of benzene rings is 1. The average Bonchev–Trinajstić information content (AvgIpc) is 3.29. The summed E-state index contributed by atoms with van der Waals surface area (Å²) < 4.78 is 17.0. The summed E-state index contributed by atoms with van der Waals surface area (Å²) in [5.74, 6) is 0.0534. The molecule has 1 aliphatic rings. The second-order valence-electron chi connectivity index (χ2n) is 5.53. The molecule has 0 saturated heterocycles. The predicted octanol–water partition coefficient (Wildman–Crippen LogP) is 3.10. The van der Waals surface area contributed by atoms with Gasteiger partial charge in [-0.2, -0.15) is 0 Å². The van der Waals surface area contributed by atoms with Gasteiger partial charge in [-0.25, -0.2) is 14.8 Å². The molecule has 132 valence electrons. The molecule has 26 heavy (non-hydrogen) atoms. The lowest BCUT2D eigenvalue weighted by Crippen LogP contribution is -2.01. The third-order valence-corrected chi connectivity index (χ3v) is 3.90. The van der Waals surface area contributed by atoms with Crippen molar-refractivity contribution in [2.45, 2.75) is 13.2 Å². The van der Waals surface area contributed by atoms with Crippen LogP contribution in [0.1, 0.15) is 34.8 Å². The number of rotatable bonds is 5. The summed E-state index contributed by atoms with van der Waals surface area (Å²) in [6.45, 7) is 2.48. The molecule has 2 N–H and O–H groups in total. The minimum atomic E-state index is -1.07. The molecule has 0 bridgehead atoms. The Morgan fingerprint density at radius 1 is 1.38 bits per heavy atom. The smallest absolute Gasteiger partial charge is 0.339 e. The highest BCUT2D eigenvalue weighted by Crippen LogP contribution is 2.36. The molecule has 8 nitrogen and oxygen atoms in total. The van der Waals surface area contributed by atoms with Crippen molar-refractivity contribution >= 4 is 22.8 Å². The number of nitrogens with zero attached hydrogens (tertiary/aromatic N) is 2. The molecule has 3 heterocycles. The van der Waals surface area contributed by atoms with Gasteiger partial charge >= 0.3 is 5.97 Å². The summed E-state index contributed by atoms with van der Waals surface area (Å²) in [7, 11) is 0. The fourth-order valence-electron chi connectivity index (χ4n) is 2.76. The standard InChI is InChI=1S/C18H15N3O5/c1-2-24-11-5-3-4-10(6-11)18-25-8-13(26-18)15-16-14(20-9-21-15)12(7-19-16)17(22)23/h3-9,18-19H,2H2,1H3,(H,22,23). The summed E-state index contributed by atoms with van der Waals surface area (Å²) >= 11 is 0. The Balaban J connectivity index is 1.62. The van der Waals surface area contributed by atoms with Gasteiger partial charge in [-0.05, 0) is 19.1 Å². The number of H-pyrrole nitrogens is 1. The van der Waals surface area contributed by atoms with Crippen molar-refractivity contribution in [2.75, 3.05) is 6.61 Å². The van der Waals surface area contributed by atoms with Crippen LogP contribution in [0, 0.1) is 0 Å². The number of carboxylic acids is 1. The van der Waals surface area contributed by atoms with Gasteiger partial charge in [0.1, 0.15) is 35.1 Å². The van der Waals surface area contributed by atoms with E-state index in [2.05, 4.69) is 15.0 Å². The van der Waals surface area contributed by atoms with E-state index >= 15 is 0 Å². The minimum Gasteiger partial charge on any atom is -0.494 e. The van der Waals surface area contributed by atoms with Gasteiger partial charge in [0.15, 0.2) is 5.76 Å². The molecule has 1 aliphatic heterocycles. The molecule has 1 atom stereocenters. The summed E-state index contributed by atoms with van der Waals surface area (Å²) in [6.07, 6.45) is 3.50. The highest BCUT2D eigenvalue weighted by Gasteiger charge is 2.26. The number of aromatic carboxylic acids is 1. The lowest BCUT2D eigenvalue weighted by molar-refractivity contribution is -0.0173. The predicted molar refractivity (Wildman–Crippen MR) is 91.3 cm³/mol. The van der Waals surface area contributed by atoms with E-state index in [1.54, 1.807) is 0 Å². The summed E-state index contributed by atoms with van der Waals surface area (Å²) in [5, 5.41) is 9.23. The number of hydrogen-bond acceptors (Lipinski definition) is 6. The maximum atomic E-state index is 11.3. The Kier molecular flexibility index (Phi) is 3.92. The Morgan fingerprint density at radius 2 is 2.27 bits per heavy atom. The van der Waals surface area contributed by atoms with Gasteiger partial charge in [0.25, 0.3) is 6.29 Å². The topological polar surface area (TPSA) is 107 Å². The quantitative estimate of drug-likeness (QED) is 0.726. The molecule has 0 amide bonds. The van der Waals surface area contributed by atoms with E-state index in [0.29, 0.717) is 29.1 Å². The maximum absolute atomic E-state index is 11.3. The number of carbonyl (C=O) groups is 1. The molecule has 0 aliphatic carbocycles. The fraction of sp³-hybridized carbons (Fsp3) is 0.167. The Hall–Kier alpha value is -3.55. The lowest BCUT2D eigenvalue weighted by Gasteiger charge is -2.13. The van der Waals surface area contributed by atoms with E-state index in [0.717, 1.165) is 11.3 Å². The second-order valence-corrected chi connectivity index (χ2v) is 5.53. The van der Waals surface area contributed by atoms with Crippen LogP contribution in [0.4, 0.5) is 0 Å². The molecule has 0 saturated carbocycles. The van der Waals surface area contributed by atoms with Gasteiger partial charge in [0.05, 0.1) is 12.1 Å². The average molecular weight is 353 g/mol. The largest absolute Gasteiger partial charge is 0.494 e. The highest BCUT2D eigenvalue weighted by atomic mass is 16.7. The summed E-state index contributed by atoms with van der Waals surface area (Å²) in [5.41, 5.74) is 2.09. The molecule has 4 rings (SSSR count). The molecule has 3 aromatic rings.